The van der Waals surface area contributed by atoms with E-state index in [4.69, 9.17) is 15.2 Å². The number of nitrogens with zero attached hydrogens (tertiary/aromatic N) is 1. The lowest BCUT2D eigenvalue weighted by molar-refractivity contribution is 0.0270. The minimum atomic E-state index is -0.471. The molecule has 1 aromatic rings. The van der Waals surface area contributed by atoms with Crippen molar-refractivity contribution in [2.45, 2.75) is 65.6 Å². The molecule has 1 amide bonds. The number of anilines is 1. The summed E-state index contributed by atoms with van der Waals surface area (Å²) in [6.45, 7) is 11.1. The van der Waals surface area contributed by atoms with Crippen LogP contribution in [0.4, 0.5) is 10.5 Å². The summed E-state index contributed by atoms with van der Waals surface area (Å²) in [5.74, 6) is 0.847. The van der Waals surface area contributed by atoms with E-state index in [2.05, 4.69) is 19.9 Å². The predicted molar refractivity (Wildman–Crippen MR) is 104 cm³/mol. The summed E-state index contributed by atoms with van der Waals surface area (Å²) in [6, 6.07) is 2.01. The van der Waals surface area contributed by atoms with E-state index in [-0.39, 0.29) is 12.2 Å². The first kappa shape index (κ1) is 18.6. The maximum atomic E-state index is 12.3. The summed E-state index contributed by atoms with van der Waals surface area (Å²) in [5, 5.41) is 0. The molecule has 1 aromatic carbocycles. The average molecular weight is 358 g/mol. The summed E-state index contributed by atoms with van der Waals surface area (Å²) in [7, 11) is 0. The first-order valence-corrected chi connectivity index (χ1v) is 9.41. The Bertz CT molecular complexity index is 747. The summed E-state index contributed by atoms with van der Waals surface area (Å²) >= 11 is 0. The molecule has 0 aliphatic carbocycles. The lowest BCUT2D eigenvalue weighted by Crippen LogP contribution is -2.39. The molecule has 26 heavy (non-hydrogen) atoms. The van der Waals surface area contributed by atoms with Crippen LogP contribution >= 0.6 is 0 Å². The van der Waals surface area contributed by atoms with Crippen molar-refractivity contribution in [2.75, 3.05) is 18.8 Å². The Balaban J connectivity index is 1.85. The maximum Gasteiger partial charge on any atom is 0.410 e. The summed E-state index contributed by atoms with van der Waals surface area (Å²) < 4.78 is 11.5. The topological polar surface area (TPSA) is 64.8 Å². The fourth-order valence-electron chi connectivity index (χ4n) is 3.72. The Morgan fingerprint density at radius 1 is 1.35 bits per heavy atom. The third-order valence-electron chi connectivity index (χ3n) is 4.91. The van der Waals surface area contributed by atoms with Gasteiger partial charge in [0, 0.05) is 18.7 Å². The number of carbonyl (C=O) groups excluding carboxylic acids is 1. The number of nitrogens with two attached hydrogens (primary N) is 1. The molecule has 0 aromatic heterocycles. The van der Waals surface area contributed by atoms with Crippen molar-refractivity contribution in [3.05, 3.63) is 28.8 Å². The van der Waals surface area contributed by atoms with Crippen LogP contribution in [0, 0.1) is 6.92 Å². The van der Waals surface area contributed by atoms with Gasteiger partial charge in [0.05, 0.1) is 11.8 Å². The van der Waals surface area contributed by atoms with Gasteiger partial charge in [-0.25, -0.2) is 4.79 Å². The fraction of sp³-hybridized carbons (Fsp3) is 0.571. The highest BCUT2D eigenvalue weighted by Crippen LogP contribution is 2.41. The molecule has 2 aliphatic heterocycles. The number of benzene rings is 1. The molecule has 2 N–H and O–H groups in total. The third kappa shape index (κ3) is 3.81. The molecule has 0 spiro atoms. The lowest BCUT2D eigenvalue weighted by atomic mass is 9.86. The SMILES string of the molecule is Cc1cc(N)c2c(c1C1=CCN(C(=O)OC(C)(C)C)CC1)CCC(C)O2. The molecule has 5 heteroatoms. The number of hydrogen-bond donors (Lipinski definition) is 1. The average Bonchev–Trinajstić information content (AvgIpc) is 2.54. The van der Waals surface area contributed by atoms with E-state index in [0.717, 1.165) is 30.7 Å². The van der Waals surface area contributed by atoms with Crippen molar-refractivity contribution < 1.29 is 14.3 Å². The summed E-state index contributed by atoms with van der Waals surface area (Å²) in [6.07, 6.45) is 4.88. The molecule has 5 nitrogen and oxygen atoms in total. The summed E-state index contributed by atoms with van der Waals surface area (Å²) in [4.78, 5) is 14.0. The molecule has 3 rings (SSSR count). The number of aryl methyl sites for hydroxylation is 1. The zero-order valence-corrected chi connectivity index (χ0v) is 16.5. The molecule has 1 atom stereocenters. The zero-order valence-electron chi connectivity index (χ0n) is 16.5. The van der Waals surface area contributed by atoms with Crippen LogP contribution in [-0.4, -0.2) is 35.8 Å². The second-order valence-electron chi connectivity index (χ2n) is 8.34. The molecule has 0 saturated carbocycles. The molecule has 142 valence electrons. The Labute approximate surface area is 156 Å². The molecular weight excluding hydrogens is 328 g/mol. The highest BCUT2D eigenvalue weighted by Gasteiger charge is 2.28. The minimum absolute atomic E-state index is 0.198. The van der Waals surface area contributed by atoms with Crippen molar-refractivity contribution >= 4 is 17.4 Å². The van der Waals surface area contributed by atoms with Crippen molar-refractivity contribution in [3.8, 4) is 5.75 Å². The number of nitrogen functional groups attached to an aromatic ring is 1. The van der Waals surface area contributed by atoms with E-state index >= 15 is 0 Å². The van der Waals surface area contributed by atoms with Crippen molar-refractivity contribution in [2.24, 2.45) is 0 Å². The Morgan fingerprint density at radius 3 is 2.69 bits per heavy atom. The number of ether oxygens (including phenoxy) is 2. The number of amides is 1. The highest BCUT2D eigenvalue weighted by molar-refractivity contribution is 5.79. The lowest BCUT2D eigenvalue weighted by Gasteiger charge is -2.32. The van der Waals surface area contributed by atoms with Crippen LogP contribution < -0.4 is 10.5 Å². The van der Waals surface area contributed by atoms with Crippen molar-refractivity contribution in [3.63, 3.8) is 0 Å². The monoisotopic (exact) mass is 358 g/mol. The molecule has 2 heterocycles. The van der Waals surface area contributed by atoms with E-state index in [1.807, 2.05) is 26.8 Å². The molecule has 0 radical (unpaired) electrons. The molecule has 1 unspecified atom stereocenters. The normalized spacial score (nSPS) is 20.1. The number of hydrogen-bond acceptors (Lipinski definition) is 4. The van der Waals surface area contributed by atoms with Gasteiger partial charge in [0.1, 0.15) is 11.4 Å². The van der Waals surface area contributed by atoms with Crippen LogP contribution in [0.5, 0.6) is 5.75 Å². The molecule has 0 bridgehead atoms. The number of carbonyl (C=O) groups is 1. The second-order valence-corrected chi connectivity index (χ2v) is 8.34. The Morgan fingerprint density at radius 2 is 2.08 bits per heavy atom. The maximum absolute atomic E-state index is 12.3. The Hall–Kier alpha value is -2.17. The van der Waals surface area contributed by atoms with Gasteiger partial charge in [0.2, 0.25) is 0 Å². The van der Waals surface area contributed by atoms with Crippen LogP contribution in [0.25, 0.3) is 5.57 Å². The van der Waals surface area contributed by atoms with Crippen LogP contribution in [0.3, 0.4) is 0 Å². The Kier molecular flexibility index (Phi) is 4.91. The fourth-order valence-corrected chi connectivity index (χ4v) is 3.72. The van der Waals surface area contributed by atoms with E-state index in [1.54, 1.807) is 4.90 Å². The minimum Gasteiger partial charge on any atom is -0.488 e. The predicted octanol–water partition coefficient (Wildman–Crippen LogP) is 4.31. The highest BCUT2D eigenvalue weighted by atomic mass is 16.6. The van der Waals surface area contributed by atoms with Crippen LogP contribution in [-0.2, 0) is 11.2 Å². The van der Waals surface area contributed by atoms with Crippen LogP contribution in [0.2, 0.25) is 0 Å². The van der Waals surface area contributed by atoms with E-state index in [1.165, 1.54) is 22.3 Å². The standard InChI is InChI=1S/C21H30N2O3/c1-13-12-17(22)19-16(7-6-14(2)25-19)18(13)15-8-10-23(11-9-15)20(24)26-21(3,4)5/h8,12,14H,6-7,9-11,22H2,1-5H3. The van der Waals surface area contributed by atoms with Crippen LogP contribution in [0.1, 0.15) is 57.2 Å². The second kappa shape index (κ2) is 6.86. The quantitative estimate of drug-likeness (QED) is 0.760. The first-order valence-electron chi connectivity index (χ1n) is 9.41. The van der Waals surface area contributed by atoms with Crippen molar-refractivity contribution in [1.82, 2.24) is 4.90 Å². The van der Waals surface area contributed by atoms with Gasteiger partial charge in [-0.1, -0.05) is 6.08 Å². The summed E-state index contributed by atoms with van der Waals surface area (Å²) in [5.41, 5.74) is 11.4. The van der Waals surface area contributed by atoms with Gasteiger partial charge >= 0.3 is 6.09 Å². The first-order chi connectivity index (χ1) is 12.2. The largest absolute Gasteiger partial charge is 0.488 e. The third-order valence-corrected chi connectivity index (χ3v) is 4.91. The molecule has 0 saturated heterocycles. The van der Waals surface area contributed by atoms with Gasteiger partial charge in [-0.3, -0.25) is 0 Å². The van der Waals surface area contributed by atoms with Gasteiger partial charge in [-0.15, -0.1) is 0 Å². The van der Waals surface area contributed by atoms with Gasteiger partial charge in [-0.05, 0) is 76.6 Å². The zero-order chi connectivity index (χ0) is 19.1. The molecule has 0 fully saturated rings. The number of fused-ring (bicyclic) bond motifs is 1. The molecular formula is C21H30N2O3. The van der Waals surface area contributed by atoms with E-state index in [0.29, 0.717) is 13.1 Å². The van der Waals surface area contributed by atoms with Gasteiger partial charge in [0.15, 0.2) is 0 Å². The van der Waals surface area contributed by atoms with E-state index < -0.39 is 5.60 Å². The van der Waals surface area contributed by atoms with E-state index in [9.17, 15) is 4.79 Å². The van der Waals surface area contributed by atoms with Gasteiger partial charge in [-0.2, -0.15) is 0 Å². The number of rotatable bonds is 1. The van der Waals surface area contributed by atoms with Gasteiger partial charge < -0.3 is 20.1 Å². The van der Waals surface area contributed by atoms with Gasteiger partial charge in [0.25, 0.3) is 0 Å². The van der Waals surface area contributed by atoms with Crippen molar-refractivity contribution in [1.29, 1.82) is 0 Å². The molecule has 2 aliphatic rings. The van der Waals surface area contributed by atoms with Crippen LogP contribution in [0.15, 0.2) is 12.1 Å². The smallest absolute Gasteiger partial charge is 0.410 e.